The highest BCUT2D eigenvalue weighted by Gasteiger charge is 2.34. The van der Waals surface area contributed by atoms with Gasteiger partial charge in [-0.1, -0.05) is 18.2 Å². The van der Waals surface area contributed by atoms with Crippen LogP contribution in [0, 0.1) is 0 Å². The van der Waals surface area contributed by atoms with E-state index in [2.05, 4.69) is 18.4 Å². The average molecular weight is 341 g/mol. The molecule has 1 saturated heterocycles. The van der Waals surface area contributed by atoms with Gasteiger partial charge in [0.2, 0.25) is 5.88 Å². The van der Waals surface area contributed by atoms with Gasteiger partial charge < -0.3 is 14.5 Å². The average Bonchev–Trinajstić information content (AvgIpc) is 3.04. The second-order valence-corrected chi connectivity index (χ2v) is 5.78. The molecule has 0 unspecified atom stereocenters. The topological polar surface area (TPSA) is 36.0 Å². The number of benzene rings is 1. The molecule has 2 aliphatic heterocycles. The Bertz CT molecular complexity index is 769. The molecule has 6 heteroatoms. The van der Waals surface area contributed by atoms with Crippen LogP contribution in [-0.2, 0) is 4.79 Å². The zero-order valence-electron chi connectivity index (χ0n) is 13.7. The number of ether oxygens (including phenoxy) is 1. The summed E-state index contributed by atoms with van der Waals surface area (Å²) in [6.45, 7) is 6.90. The molecule has 0 radical (unpaired) electrons. The number of rotatable bonds is 4. The second-order valence-electron chi connectivity index (χ2n) is 5.42. The Morgan fingerprint density at radius 1 is 1.25 bits per heavy atom. The molecule has 0 atom stereocenters. The predicted octanol–water partition coefficient (Wildman–Crippen LogP) is 2.88. The largest absolute Gasteiger partial charge is 0.439 e. The van der Waals surface area contributed by atoms with E-state index in [4.69, 9.17) is 17.0 Å². The fourth-order valence-corrected chi connectivity index (χ4v) is 3.04. The zero-order chi connectivity index (χ0) is 17.3. The molecule has 0 aliphatic carbocycles. The summed E-state index contributed by atoms with van der Waals surface area (Å²) >= 11 is 5.31. The first-order chi connectivity index (χ1) is 11.6. The van der Waals surface area contributed by atoms with Crippen molar-refractivity contribution in [2.45, 2.75) is 6.92 Å². The maximum atomic E-state index is 12.5. The van der Waals surface area contributed by atoms with Crippen LogP contribution in [0.2, 0.25) is 0 Å². The predicted molar refractivity (Wildman–Crippen MR) is 98.5 cm³/mol. The Labute approximate surface area is 147 Å². The van der Waals surface area contributed by atoms with Gasteiger partial charge in [0, 0.05) is 26.2 Å². The van der Waals surface area contributed by atoms with Gasteiger partial charge in [0.1, 0.15) is 5.70 Å². The first kappa shape index (κ1) is 16.3. The third-order valence-electron chi connectivity index (χ3n) is 3.99. The molecule has 0 spiro atoms. The Morgan fingerprint density at radius 2 is 2.00 bits per heavy atom. The molecule has 0 N–H and O–H groups in total. The van der Waals surface area contributed by atoms with Crippen LogP contribution in [-0.4, -0.2) is 41.0 Å². The highest BCUT2D eigenvalue weighted by atomic mass is 32.1. The first-order valence-corrected chi connectivity index (χ1v) is 8.16. The van der Waals surface area contributed by atoms with Crippen molar-refractivity contribution in [1.29, 1.82) is 0 Å². The molecule has 1 amide bonds. The van der Waals surface area contributed by atoms with Crippen molar-refractivity contribution in [1.82, 2.24) is 9.80 Å². The molecule has 2 heterocycles. The number of carbonyl (C=O) groups excluding carboxylic acids is 1. The Kier molecular flexibility index (Phi) is 4.40. The first-order valence-electron chi connectivity index (χ1n) is 7.75. The monoisotopic (exact) mass is 341 g/mol. The van der Waals surface area contributed by atoms with E-state index in [1.54, 1.807) is 24.1 Å². The molecule has 1 aromatic carbocycles. The molecule has 124 valence electrons. The number of amides is 1. The van der Waals surface area contributed by atoms with E-state index in [1.165, 1.54) is 4.90 Å². The lowest BCUT2D eigenvalue weighted by molar-refractivity contribution is -0.122. The van der Waals surface area contributed by atoms with Crippen molar-refractivity contribution in [2.24, 2.45) is 0 Å². The second kappa shape index (κ2) is 6.49. The fraction of sp³-hybridized carbons (Fsp3) is 0.222. The van der Waals surface area contributed by atoms with Crippen molar-refractivity contribution in [3.05, 3.63) is 60.7 Å². The van der Waals surface area contributed by atoms with Crippen molar-refractivity contribution in [2.75, 3.05) is 25.0 Å². The summed E-state index contributed by atoms with van der Waals surface area (Å²) in [5.74, 6) is 1.39. The number of anilines is 1. The summed E-state index contributed by atoms with van der Waals surface area (Å²) in [5.41, 5.74) is 1.55. The van der Waals surface area contributed by atoms with Crippen molar-refractivity contribution >= 4 is 28.9 Å². The summed E-state index contributed by atoms with van der Waals surface area (Å²) in [4.78, 5) is 17.8. The van der Waals surface area contributed by atoms with E-state index in [-0.39, 0.29) is 5.91 Å². The zero-order valence-corrected chi connectivity index (χ0v) is 14.5. The van der Waals surface area contributed by atoms with E-state index in [1.807, 2.05) is 30.3 Å². The summed E-state index contributed by atoms with van der Waals surface area (Å²) in [6.07, 6.45) is 5.23. The molecule has 2 aliphatic rings. The fourth-order valence-electron chi connectivity index (χ4n) is 2.78. The molecule has 3 rings (SSSR count). The lowest BCUT2D eigenvalue weighted by atomic mass is 10.3. The molecule has 1 aromatic rings. The van der Waals surface area contributed by atoms with Crippen LogP contribution in [0.1, 0.15) is 6.92 Å². The summed E-state index contributed by atoms with van der Waals surface area (Å²) < 4.78 is 5.89. The summed E-state index contributed by atoms with van der Waals surface area (Å²) in [6, 6.07) is 7.86. The number of allylic oxidation sites excluding steroid dienone is 2. The number of likely N-dealkylation sites (N-methyl/N-ethyl adjacent to an activating group) is 1. The van der Waals surface area contributed by atoms with Gasteiger partial charge in [-0.3, -0.25) is 9.69 Å². The van der Waals surface area contributed by atoms with Crippen LogP contribution in [0.4, 0.5) is 5.69 Å². The number of hydrogen-bond acceptors (Lipinski definition) is 4. The maximum absolute atomic E-state index is 12.5. The quantitative estimate of drug-likeness (QED) is 0.478. The highest BCUT2D eigenvalue weighted by molar-refractivity contribution is 7.80. The van der Waals surface area contributed by atoms with E-state index in [0.717, 1.165) is 18.0 Å². The van der Waals surface area contributed by atoms with Gasteiger partial charge in [-0.2, -0.15) is 0 Å². The number of thiocarbonyl (C=S) groups is 1. The molecular weight excluding hydrogens is 322 g/mol. The van der Waals surface area contributed by atoms with E-state index < -0.39 is 0 Å². The third-order valence-corrected chi connectivity index (χ3v) is 4.49. The number of carbonyl (C=O) groups is 1. The number of fused-ring (bicyclic) bond motifs is 1. The van der Waals surface area contributed by atoms with Gasteiger partial charge in [0.05, 0.1) is 5.69 Å². The van der Waals surface area contributed by atoms with Crippen LogP contribution in [0.25, 0.3) is 0 Å². The van der Waals surface area contributed by atoms with E-state index in [9.17, 15) is 4.79 Å². The summed E-state index contributed by atoms with van der Waals surface area (Å²) in [5, 5.41) is 0.479. The van der Waals surface area contributed by atoms with Gasteiger partial charge in [-0.05, 0) is 37.4 Å². The molecule has 0 aromatic heterocycles. The minimum atomic E-state index is -0.127. The number of hydrogen-bond donors (Lipinski definition) is 0. The Hall–Kier alpha value is -2.60. The molecule has 0 saturated carbocycles. The summed E-state index contributed by atoms with van der Waals surface area (Å²) in [7, 11) is 1.79. The van der Waals surface area contributed by atoms with E-state index >= 15 is 0 Å². The minimum absolute atomic E-state index is 0.127. The van der Waals surface area contributed by atoms with E-state index in [0.29, 0.717) is 23.2 Å². The Balaban J connectivity index is 1.90. The lowest BCUT2D eigenvalue weighted by Crippen LogP contribution is -2.31. The minimum Gasteiger partial charge on any atom is -0.439 e. The van der Waals surface area contributed by atoms with Crippen LogP contribution < -0.4 is 9.64 Å². The van der Waals surface area contributed by atoms with Gasteiger partial charge >= 0.3 is 0 Å². The number of para-hydroxylation sites is 2. The lowest BCUT2D eigenvalue weighted by Gasteiger charge is -2.15. The normalized spacial score (nSPS) is 20.2. The van der Waals surface area contributed by atoms with Crippen LogP contribution in [0.3, 0.4) is 0 Å². The van der Waals surface area contributed by atoms with Crippen LogP contribution in [0.5, 0.6) is 5.75 Å². The van der Waals surface area contributed by atoms with Crippen molar-refractivity contribution < 1.29 is 9.53 Å². The molecule has 24 heavy (non-hydrogen) atoms. The van der Waals surface area contributed by atoms with Crippen LogP contribution in [0.15, 0.2) is 60.7 Å². The SMILES string of the molecule is C=CCN1C(=O)/C(=C\C=C2\Oc3ccccc3N2CC)N(C)C1=S. The third kappa shape index (κ3) is 2.59. The van der Waals surface area contributed by atoms with Crippen molar-refractivity contribution in [3.8, 4) is 5.75 Å². The Morgan fingerprint density at radius 3 is 2.71 bits per heavy atom. The van der Waals surface area contributed by atoms with Crippen LogP contribution >= 0.6 is 12.2 Å². The number of nitrogens with zero attached hydrogens (tertiary/aromatic N) is 3. The van der Waals surface area contributed by atoms with Gasteiger partial charge in [0.15, 0.2) is 10.9 Å². The van der Waals surface area contributed by atoms with Crippen molar-refractivity contribution in [3.63, 3.8) is 0 Å². The standard InChI is InChI=1S/C18H19N3O2S/c1-4-12-21-17(22)14(19(3)18(21)24)10-11-16-20(5-2)13-8-6-7-9-15(13)23-16/h4,6-11H,1,5,12H2,2-3H3/b14-10+,16-11+. The molecule has 5 nitrogen and oxygen atoms in total. The van der Waals surface area contributed by atoms with Gasteiger partial charge in [-0.15, -0.1) is 6.58 Å². The molecule has 1 fully saturated rings. The molecular formula is C18H19N3O2S. The smallest absolute Gasteiger partial charge is 0.277 e. The molecule has 0 bridgehead atoms. The maximum Gasteiger partial charge on any atom is 0.277 e. The van der Waals surface area contributed by atoms with Gasteiger partial charge in [0.25, 0.3) is 5.91 Å². The highest BCUT2D eigenvalue weighted by Crippen LogP contribution is 2.38. The van der Waals surface area contributed by atoms with Gasteiger partial charge in [-0.25, -0.2) is 0 Å².